The fourth-order valence-electron chi connectivity index (χ4n) is 4.32. The van der Waals surface area contributed by atoms with Gasteiger partial charge in [-0.05, 0) is 31.6 Å². The predicted octanol–water partition coefficient (Wildman–Crippen LogP) is -0.712. The lowest BCUT2D eigenvalue weighted by molar-refractivity contribution is -0.140. The maximum Gasteiger partial charge on any atom is 0.233 e. The summed E-state index contributed by atoms with van der Waals surface area (Å²) in [6, 6.07) is 0. The summed E-state index contributed by atoms with van der Waals surface area (Å²) in [7, 11) is -1.53. The molecule has 10 heteroatoms. The van der Waals surface area contributed by atoms with Crippen molar-refractivity contribution in [1.29, 1.82) is 0 Å². The molecule has 3 N–H and O–H groups in total. The van der Waals surface area contributed by atoms with Gasteiger partial charge in [-0.25, -0.2) is 13.1 Å². The Labute approximate surface area is 166 Å². The molecule has 0 spiro atoms. The SMILES string of the molecule is CCS(=O)(=O)NCCCNC(=NC)NCCN1C(=O)C2C3C=CC(C3)C2C1=O. The van der Waals surface area contributed by atoms with E-state index in [0.29, 0.717) is 38.6 Å². The van der Waals surface area contributed by atoms with Crippen molar-refractivity contribution in [3.63, 3.8) is 0 Å². The highest BCUT2D eigenvalue weighted by Crippen LogP contribution is 2.52. The predicted molar refractivity (Wildman–Crippen MR) is 106 cm³/mol. The summed E-state index contributed by atoms with van der Waals surface area (Å²) in [6.07, 6.45) is 5.72. The van der Waals surface area contributed by atoms with E-state index in [1.807, 2.05) is 0 Å². The molecule has 3 rings (SSSR count). The van der Waals surface area contributed by atoms with Crippen molar-refractivity contribution in [2.45, 2.75) is 19.8 Å². The Balaban J connectivity index is 1.37. The Morgan fingerprint density at radius 1 is 1.11 bits per heavy atom. The summed E-state index contributed by atoms with van der Waals surface area (Å²) in [5.41, 5.74) is 0. The monoisotopic (exact) mass is 411 g/mol. The minimum atomic E-state index is -3.17. The minimum absolute atomic E-state index is 0.0418. The van der Waals surface area contributed by atoms with Gasteiger partial charge >= 0.3 is 0 Å². The summed E-state index contributed by atoms with van der Waals surface area (Å²) < 4.78 is 25.2. The second-order valence-corrected chi connectivity index (χ2v) is 9.50. The lowest BCUT2D eigenvalue weighted by atomic mass is 9.85. The van der Waals surface area contributed by atoms with Crippen molar-refractivity contribution in [2.75, 3.05) is 39.0 Å². The molecule has 4 atom stereocenters. The standard InChI is InChI=1S/C18H29N5O4S/c1-3-28(26,27)22-8-4-7-20-18(19-2)21-9-10-23-16(24)14-12-5-6-13(11-12)15(14)17(23)25/h5-6,12-15,22H,3-4,7-11H2,1-2H3,(H2,19,20,21). The van der Waals surface area contributed by atoms with Gasteiger partial charge in [-0.3, -0.25) is 19.5 Å². The number of allylic oxidation sites excluding steroid dienone is 2. The average Bonchev–Trinajstić information content (AvgIpc) is 3.35. The third-order valence-corrected chi connectivity index (χ3v) is 7.17. The molecule has 1 saturated heterocycles. The number of imide groups is 1. The van der Waals surface area contributed by atoms with Gasteiger partial charge in [0.15, 0.2) is 5.96 Å². The van der Waals surface area contributed by atoms with Crippen LogP contribution in [0.25, 0.3) is 0 Å². The highest BCUT2D eigenvalue weighted by molar-refractivity contribution is 7.89. The third-order valence-electron chi connectivity index (χ3n) is 5.76. The highest BCUT2D eigenvalue weighted by Gasteiger charge is 2.58. The van der Waals surface area contributed by atoms with Crippen molar-refractivity contribution in [3.05, 3.63) is 12.2 Å². The molecule has 0 aromatic rings. The van der Waals surface area contributed by atoms with E-state index >= 15 is 0 Å². The molecular formula is C18H29N5O4S. The van der Waals surface area contributed by atoms with E-state index in [1.54, 1.807) is 14.0 Å². The first-order chi connectivity index (χ1) is 13.4. The maximum atomic E-state index is 12.6. The van der Waals surface area contributed by atoms with Gasteiger partial charge in [0, 0.05) is 33.2 Å². The molecule has 2 aliphatic carbocycles. The van der Waals surface area contributed by atoms with Crippen molar-refractivity contribution < 1.29 is 18.0 Å². The smallest absolute Gasteiger partial charge is 0.233 e. The van der Waals surface area contributed by atoms with Crippen molar-refractivity contribution >= 4 is 27.8 Å². The van der Waals surface area contributed by atoms with Crippen LogP contribution in [0.2, 0.25) is 0 Å². The zero-order chi connectivity index (χ0) is 20.3. The summed E-state index contributed by atoms with van der Waals surface area (Å²) in [4.78, 5) is 30.7. The Hall–Kier alpha value is -1.94. The number of nitrogens with zero attached hydrogens (tertiary/aromatic N) is 2. The van der Waals surface area contributed by atoms with Crippen molar-refractivity contribution in [2.24, 2.45) is 28.7 Å². The molecule has 156 valence electrons. The lowest BCUT2D eigenvalue weighted by Gasteiger charge is -2.18. The third kappa shape index (κ3) is 4.22. The average molecular weight is 412 g/mol. The number of likely N-dealkylation sites (tertiary alicyclic amines) is 1. The van der Waals surface area contributed by atoms with Gasteiger partial charge < -0.3 is 10.6 Å². The van der Waals surface area contributed by atoms with Crippen molar-refractivity contribution in [1.82, 2.24) is 20.3 Å². The minimum Gasteiger partial charge on any atom is -0.356 e. The largest absolute Gasteiger partial charge is 0.356 e. The van der Waals surface area contributed by atoms with Gasteiger partial charge in [-0.2, -0.15) is 0 Å². The fourth-order valence-corrected chi connectivity index (χ4v) is 4.98. The molecule has 2 amide bonds. The number of fused-ring (bicyclic) bond motifs is 5. The van der Waals surface area contributed by atoms with Gasteiger partial charge in [0.1, 0.15) is 0 Å². The second-order valence-electron chi connectivity index (χ2n) is 7.41. The number of carbonyl (C=O) groups excluding carboxylic acids is 2. The Kier molecular flexibility index (Phi) is 6.39. The van der Waals surface area contributed by atoms with Gasteiger partial charge in [0.05, 0.1) is 17.6 Å². The van der Waals surface area contributed by atoms with Crippen LogP contribution in [0.3, 0.4) is 0 Å². The molecule has 1 aliphatic heterocycles. The number of sulfonamides is 1. The first-order valence-electron chi connectivity index (χ1n) is 9.83. The highest BCUT2D eigenvalue weighted by atomic mass is 32.2. The van der Waals surface area contributed by atoms with Gasteiger partial charge in [-0.1, -0.05) is 12.2 Å². The van der Waals surface area contributed by atoms with Crippen LogP contribution < -0.4 is 15.4 Å². The molecular weight excluding hydrogens is 382 g/mol. The maximum absolute atomic E-state index is 12.6. The normalized spacial score (nSPS) is 28.9. The number of hydrogen-bond donors (Lipinski definition) is 3. The Morgan fingerprint density at radius 3 is 2.29 bits per heavy atom. The van der Waals surface area contributed by atoms with Crippen molar-refractivity contribution in [3.8, 4) is 0 Å². The van der Waals surface area contributed by atoms with E-state index in [4.69, 9.17) is 0 Å². The van der Waals surface area contributed by atoms with Gasteiger partial charge in [-0.15, -0.1) is 0 Å². The number of aliphatic imine (C=N–C) groups is 1. The number of rotatable bonds is 9. The zero-order valence-electron chi connectivity index (χ0n) is 16.3. The number of guanidine groups is 1. The van der Waals surface area contributed by atoms with Crippen LogP contribution in [0, 0.1) is 23.7 Å². The summed E-state index contributed by atoms with van der Waals surface area (Å²) in [5, 5.41) is 6.19. The summed E-state index contributed by atoms with van der Waals surface area (Å²) >= 11 is 0. The fraction of sp³-hybridized carbons (Fsp3) is 0.722. The van der Waals surface area contributed by atoms with E-state index in [0.717, 1.165) is 6.42 Å². The molecule has 28 heavy (non-hydrogen) atoms. The van der Waals surface area contributed by atoms with E-state index in [2.05, 4.69) is 32.5 Å². The van der Waals surface area contributed by atoms with Gasteiger partial charge in [0.2, 0.25) is 21.8 Å². The van der Waals surface area contributed by atoms with Crippen LogP contribution in [0.15, 0.2) is 17.1 Å². The van der Waals surface area contributed by atoms with Crippen LogP contribution in [-0.2, 0) is 19.6 Å². The van der Waals surface area contributed by atoms with Crippen LogP contribution in [-0.4, -0.2) is 70.1 Å². The second kappa shape index (κ2) is 8.60. The first-order valence-corrected chi connectivity index (χ1v) is 11.5. The first kappa shape index (κ1) is 20.8. The quantitative estimate of drug-likeness (QED) is 0.152. The topological polar surface area (TPSA) is 120 Å². The van der Waals surface area contributed by atoms with Crippen LogP contribution >= 0.6 is 0 Å². The van der Waals surface area contributed by atoms with Crippen LogP contribution in [0.5, 0.6) is 0 Å². The Morgan fingerprint density at radius 2 is 1.71 bits per heavy atom. The summed E-state index contributed by atoms with van der Waals surface area (Å²) in [6.45, 7) is 3.24. The number of amides is 2. The van der Waals surface area contributed by atoms with E-state index in [9.17, 15) is 18.0 Å². The van der Waals surface area contributed by atoms with E-state index < -0.39 is 10.0 Å². The Bertz CT molecular complexity index is 749. The molecule has 4 unspecified atom stereocenters. The van der Waals surface area contributed by atoms with E-state index in [-0.39, 0.29) is 41.2 Å². The molecule has 0 aromatic carbocycles. The lowest BCUT2D eigenvalue weighted by Crippen LogP contribution is -2.44. The number of carbonyl (C=O) groups is 2. The van der Waals surface area contributed by atoms with Crippen LogP contribution in [0.4, 0.5) is 0 Å². The molecule has 3 aliphatic rings. The molecule has 9 nitrogen and oxygen atoms in total. The molecule has 2 fully saturated rings. The molecule has 1 saturated carbocycles. The van der Waals surface area contributed by atoms with E-state index in [1.165, 1.54) is 4.90 Å². The number of nitrogens with one attached hydrogen (secondary N) is 3. The van der Waals surface area contributed by atoms with Crippen LogP contribution in [0.1, 0.15) is 19.8 Å². The summed E-state index contributed by atoms with van der Waals surface area (Å²) in [5.74, 6) is 0.669. The zero-order valence-corrected chi connectivity index (χ0v) is 17.2. The number of hydrogen-bond acceptors (Lipinski definition) is 5. The molecule has 2 bridgehead atoms. The molecule has 1 heterocycles. The molecule has 0 radical (unpaired) electrons. The molecule has 0 aromatic heterocycles. The van der Waals surface area contributed by atoms with Gasteiger partial charge in [0.25, 0.3) is 0 Å².